The number of benzene rings is 1. The highest BCUT2D eigenvalue weighted by molar-refractivity contribution is 5.91. The Hall–Kier alpha value is -3.41. The fourth-order valence-corrected chi connectivity index (χ4v) is 3.72. The number of amides is 2. The van der Waals surface area contributed by atoms with Crippen LogP contribution in [0.5, 0.6) is 0 Å². The maximum atomic E-state index is 13.8. The second kappa shape index (κ2) is 8.50. The third-order valence-electron chi connectivity index (χ3n) is 5.62. The number of hydrogen-bond donors (Lipinski definition) is 2. The number of carbonyl (C=O) groups is 2. The standard InChI is InChI=1S/C21H21F3N4O5/c1-12-10-16(27-33-12)26-18(30)13-6-8-28(9-7-13)17(29)11-20(31,21(22,23)24)19-25-14-4-2-3-5-15(14)32-19/h2-5,10,13,31H,6-9,11H2,1H3,(H,26,27,30)/t20-/m1/s1. The lowest BCUT2D eigenvalue weighted by Gasteiger charge is -2.34. The molecular formula is C21H21F3N4O5. The molecule has 2 amide bonds. The first-order valence-corrected chi connectivity index (χ1v) is 10.2. The van der Waals surface area contributed by atoms with E-state index in [0.29, 0.717) is 5.76 Å². The zero-order valence-electron chi connectivity index (χ0n) is 17.6. The van der Waals surface area contributed by atoms with Crippen molar-refractivity contribution in [2.45, 2.75) is 38.0 Å². The Labute approximate surface area is 185 Å². The third kappa shape index (κ3) is 4.56. The van der Waals surface area contributed by atoms with E-state index in [1.807, 2.05) is 0 Å². The van der Waals surface area contributed by atoms with Gasteiger partial charge in [0.05, 0.1) is 6.42 Å². The van der Waals surface area contributed by atoms with Gasteiger partial charge in [0.2, 0.25) is 23.3 Å². The highest BCUT2D eigenvalue weighted by Crippen LogP contribution is 2.42. The number of hydrogen-bond acceptors (Lipinski definition) is 7. The van der Waals surface area contributed by atoms with Crippen molar-refractivity contribution in [2.24, 2.45) is 5.92 Å². The van der Waals surface area contributed by atoms with Crippen molar-refractivity contribution in [2.75, 3.05) is 18.4 Å². The van der Waals surface area contributed by atoms with Crippen molar-refractivity contribution >= 4 is 28.7 Å². The number of aliphatic hydroxyl groups is 1. The number of para-hydroxylation sites is 2. The molecule has 33 heavy (non-hydrogen) atoms. The molecule has 176 valence electrons. The monoisotopic (exact) mass is 466 g/mol. The molecule has 3 heterocycles. The van der Waals surface area contributed by atoms with Crippen LogP contribution in [0.3, 0.4) is 0 Å². The fourth-order valence-electron chi connectivity index (χ4n) is 3.72. The molecule has 9 nitrogen and oxygen atoms in total. The largest absolute Gasteiger partial charge is 0.437 e. The van der Waals surface area contributed by atoms with Gasteiger partial charge in [0.1, 0.15) is 11.3 Å². The lowest BCUT2D eigenvalue weighted by molar-refractivity contribution is -0.275. The summed E-state index contributed by atoms with van der Waals surface area (Å²) < 4.78 is 51.5. The average molecular weight is 466 g/mol. The van der Waals surface area contributed by atoms with E-state index in [1.165, 1.54) is 17.0 Å². The number of anilines is 1. The van der Waals surface area contributed by atoms with Crippen LogP contribution in [0.15, 0.2) is 39.3 Å². The summed E-state index contributed by atoms with van der Waals surface area (Å²) in [6, 6.07) is 7.54. The maximum Gasteiger partial charge on any atom is 0.426 e. The van der Waals surface area contributed by atoms with E-state index >= 15 is 0 Å². The van der Waals surface area contributed by atoms with Gasteiger partial charge in [-0.3, -0.25) is 9.59 Å². The Kier molecular flexibility index (Phi) is 5.87. The topological polar surface area (TPSA) is 122 Å². The third-order valence-corrected chi connectivity index (χ3v) is 5.62. The number of likely N-dealkylation sites (tertiary alicyclic amines) is 1. The predicted octanol–water partition coefficient (Wildman–Crippen LogP) is 3.14. The number of nitrogens with zero attached hydrogens (tertiary/aromatic N) is 3. The number of fused-ring (bicyclic) bond motifs is 1. The predicted molar refractivity (Wildman–Crippen MR) is 108 cm³/mol. The second-order valence-corrected chi connectivity index (χ2v) is 7.99. The molecule has 12 heteroatoms. The zero-order valence-corrected chi connectivity index (χ0v) is 17.6. The quantitative estimate of drug-likeness (QED) is 0.592. The lowest BCUT2D eigenvalue weighted by Crippen LogP contribution is -2.49. The summed E-state index contributed by atoms with van der Waals surface area (Å²) in [5.41, 5.74) is -3.38. The number of carbonyl (C=O) groups excluding carboxylic acids is 2. The molecule has 2 N–H and O–H groups in total. The van der Waals surface area contributed by atoms with Crippen molar-refractivity contribution in [1.29, 1.82) is 0 Å². The first kappa shape index (κ1) is 22.8. The first-order chi connectivity index (χ1) is 15.6. The Bertz CT molecular complexity index is 1130. The van der Waals surface area contributed by atoms with Crippen LogP contribution >= 0.6 is 0 Å². The first-order valence-electron chi connectivity index (χ1n) is 10.2. The highest BCUT2D eigenvalue weighted by Gasteiger charge is 2.60. The van der Waals surface area contributed by atoms with Gasteiger partial charge in [-0.25, -0.2) is 4.98 Å². The summed E-state index contributed by atoms with van der Waals surface area (Å²) in [4.78, 5) is 30.0. The molecule has 0 saturated carbocycles. The van der Waals surface area contributed by atoms with Crippen LogP contribution in [-0.4, -0.2) is 51.2 Å². The Morgan fingerprint density at radius 2 is 1.94 bits per heavy atom. The van der Waals surface area contributed by atoms with Crippen LogP contribution in [0.2, 0.25) is 0 Å². The average Bonchev–Trinajstić information content (AvgIpc) is 3.39. The van der Waals surface area contributed by atoms with E-state index in [2.05, 4.69) is 15.5 Å². The van der Waals surface area contributed by atoms with Gasteiger partial charge in [-0.1, -0.05) is 17.3 Å². The number of oxazole rings is 1. The van der Waals surface area contributed by atoms with Gasteiger partial charge in [-0.2, -0.15) is 13.2 Å². The van der Waals surface area contributed by atoms with Crippen molar-refractivity contribution in [3.63, 3.8) is 0 Å². The van der Waals surface area contributed by atoms with Gasteiger partial charge in [0.25, 0.3) is 0 Å². The molecule has 1 atom stereocenters. The van der Waals surface area contributed by atoms with Crippen molar-refractivity contribution in [3.05, 3.63) is 42.0 Å². The van der Waals surface area contributed by atoms with Crippen LogP contribution in [0.25, 0.3) is 11.1 Å². The number of nitrogens with one attached hydrogen (secondary N) is 1. The number of aromatic nitrogens is 2. The lowest BCUT2D eigenvalue weighted by atomic mass is 9.93. The van der Waals surface area contributed by atoms with E-state index in [0.717, 1.165) is 0 Å². The van der Waals surface area contributed by atoms with E-state index < -0.39 is 35.9 Å². The molecule has 1 aromatic carbocycles. The Morgan fingerprint density at radius 3 is 2.55 bits per heavy atom. The Morgan fingerprint density at radius 1 is 1.24 bits per heavy atom. The summed E-state index contributed by atoms with van der Waals surface area (Å²) in [7, 11) is 0. The smallest absolute Gasteiger partial charge is 0.426 e. The molecule has 1 aliphatic rings. The zero-order chi connectivity index (χ0) is 23.8. The summed E-state index contributed by atoms with van der Waals surface area (Å²) in [5, 5.41) is 16.8. The molecule has 1 saturated heterocycles. The molecule has 0 aliphatic carbocycles. The van der Waals surface area contributed by atoms with Gasteiger partial charge < -0.3 is 24.3 Å². The molecule has 0 spiro atoms. The molecule has 0 radical (unpaired) electrons. The highest BCUT2D eigenvalue weighted by atomic mass is 19.4. The summed E-state index contributed by atoms with van der Waals surface area (Å²) >= 11 is 0. The van der Waals surface area contributed by atoms with Crippen LogP contribution in [0.1, 0.15) is 30.9 Å². The second-order valence-electron chi connectivity index (χ2n) is 7.99. The molecule has 4 rings (SSSR count). The van der Waals surface area contributed by atoms with Crippen LogP contribution < -0.4 is 5.32 Å². The van der Waals surface area contributed by atoms with E-state index in [-0.39, 0.29) is 48.8 Å². The van der Waals surface area contributed by atoms with E-state index in [1.54, 1.807) is 25.1 Å². The van der Waals surface area contributed by atoms with E-state index in [4.69, 9.17) is 8.94 Å². The minimum Gasteiger partial charge on any atom is -0.437 e. The minimum atomic E-state index is -5.20. The van der Waals surface area contributed by atoms with Crippen LogP contribution in [0.4, 0.5) is 19.0 Å². The van der Waals surface area contributed by atoms with Gasteiger partial charge in [-0.05, 0) is 31.9 Å². The van der Waals surface area contributed by atoms with E-state index in [9.17, 15) is 27.9 Å². The maximum absolute atomic E-state index is 13.8. The SMILES string of the molecule is Cc1cc(NC(=O)C2CCN(C(=O)C[C@@](O)(c3nc4ccccc4o3)C(F)(F)F)CC2)no1. The minimum absolute atomic E-state index is 0.0657. The summed E-state index contributed by atoms with van der Waals surface area (Å²) in [6.07, 6.45) is -5.97. The van der Waals surface area contributed by atoms with Crippen molar-refractivity contribution < 1.29 is 36.8 Å². The molecule has 0 bridgehead atoms. The Balaban J connectivity index is 1.42. The normalized spacial score (nSPS) is 17.2. The summed E-state index contributed by atoms with van der Waals surface area (Å²) in [6.45, 7) is 1.81. The van der Waals surface area contributed by atoms with Crippen molar-refractivity contribution in [1.82, 2.24) is 15.0 Å². The van der Waals surface area contributed by atoms with Gasteiger partial charge >= 0.3 is 6.18 Å². The number of piperidine rings is 1. The molecule has 0 unspecified atom stereocenters. The van der Waals surface area contributed by atoms with Crippen LogP contribution in [0, 0.1) is 12.8 Å². The van der Waals surface area contributed by atoms with Gasteiger partial charge in [-0.15, -0.1) is 0 Å². The summed E-state index contributed by atoms with van der Waals surface area (Å²) in [5.74, 6) is -1.85. The molecule has 2 aromatic heterocycles. The fraction of sp³-hybridized carbons (Fsp3) is 0.429. The molecule has 3 aromatic rings. The van der Waals surface area contributed by atoms with Gasteiger partial charge in [0, 0.05) is 25.1 Å². The number of halogens is 3. The number of aryl methyl sites for hydroxylation is 1. The number of alkyl halides is 3. The molecule has 1 fully saturated rings. The number of rotatable bonds is 5. The van der Waals surface area contributed by atoms with Crippen molar-refractivity contribution in [3.8, 4) is 0 Å². The molecule has 1 aliphatic heterocycles. The van der Waals surface area contributed by atoms with Crippen LogP contribution in [-0.2, 0) is 15.2 Å². The molecular weight excluding hydrogens is 445 g/mol. The van der Waals surface area contributed by atoms with Gasteiger partial charge in [0.15, 0.2) is 11.4 Å².